The largest absolute Gasteiger partial charge is 0.326 e. The third-order valence-electron chi connectivity index (χ3n) is 2.65. The summed E-state index contributed by atoms with van der Waals surface area (Å²) in [5.41, 5.74) is 2.03. The molecule has 0 saturated heterocycles. The van der Waals surface area contributed by atoms with Gasteiger partial charge in [-0.05, 0) is 38.5 Å². The average Bonchev–Trinajstić information content (AvgIpc) is 2.72. The van der Waals surface area contributed by atoms with E-state index in [0.29, 0.717) is 6.04 Å². The normalized spacial score (nSPS) is 10.9. The van der Waals surface area contributed by atoms with Crippen molar-refractivity contribution in [1.82, 2.24) is 9.55 Å². The van der Waals surface area contributed by atoms with Gasteiger partial charge in [0.05, 0.1) is 0 Å². The topological polar surface area (TPSA) is 29.9 Å². The molecule has 1 aromatic heterocycles. The van der Waals surface area contributed by atoms with E-state index in [1.54, 1.807) is 6.20 Å². The maximum absolute atomic E-state index is 6.09. The number of benzene rings is 1. The van der Waals surface area contributed by atoms with Crippen molar-refractivity contribution in [3.05, 3.63) is 41.2 Å². The lowest BCUT2D eigenvalue weighted by Gasteiger charge is -2.13. The Morgan fingerprint density at radius 2 is 2.12 bits per heavy atom. The predicted octanol–water partition coefficient (Wildman–Crippen LogP) is 4.17. The number of hydrogen-bond acceptors (Lipinski definition) is 2. The Hall–Kier alpha value is -1.48. The molecule has 0 radical (unpaired) electrons. The molecule has 0 fully saturated rings. The molecule has 90 valence electrons. The zero-order valence-electron chi connectivity index (χ0n) is 10.2. The predicted molar refractivity (Wildman–Crippen MR) is 72.1 cm³/mol. The van der Waals surface area contributed by atoms with Gasteiger partial charge in [-0.15, -0.1) is 0 Å². The van der Waals surface area contributed by atoms with E-state index in [-0.39, 0.29) is 0 Å². The van der Waals surface area contributed by atoms with Crippen LogP contribution in [-0.2, 0) is 0 Å². The van der Waals surface area contributed by atoms with Gasteiger partial charge < -0.3 is 9.88 Å². The maximum Gasteiger partial charge on any atom is 0.207 e. The Morgan fingerprint density at radius 1 is 1.35 bits per heavy atom. The zero-order chi connectivity index (χ0) is 12.4. The quantitative estimate of drug-likeness (QED) is 0.885. The van der Waals surface area contributed by atoms with Crippen molar-refractivity contribution < 1.29 is 0 Å². The van der Waals surface area contributed by atoms with E-state index in [1.165, 1.54) is 0 Å². The van der Waals surface area contributed by atoms with E-state index in [9.17, 15) is 0 Å². The molecule has 0 unspecified atom stereocenters. The smallest absolute Gasteiger partial charge is 0.207 e. The van der Waals surface area contributed by atoms with Gasteiger partial charge in [0.15, 0.2) is 0 Å². The molecule has 0 bridgehead atoms. The lowest BCUT2D eigenvalue weighted by Crippen LogP contribution is -2.05. The first-order valence-corrected chi connectivity index (χ1v) is 6.01. The fourth-order valence-electron chi connectivity index (χ4n) is 1.63. The number of aryl methyl sites for hydroxylation is 1. The zero-order valence-corrected chi connectivity index (χ0v) is 11.0. The van der Waals surface area contributed by atoms with Crippen molar-refractivity contribution in [2.75, 3.05) is 5.32 Å². The molecule has 3 nitrogen and oxygen atoms in total. The van der Waals surface area contributed by atoms with Gasteiger partial charge in [-0.3, -0.25) is 0 Å². The fourth-order valence-corrected chi connectivity index (χ4v) is 1.81. The van der Waals surface area contributed by atoms with Crippen LogP contribution < -0.4 is 5.32 Å². The second-order valence-electron chi connectivity index (χ2n) is 4.34. The monoisotopic (exact) mass is 249 g/mol. The molecule has 0 aliphatic rings. The molecular formula is C13H16ClN3. The molecule has 0 spiro atoms. The van der Waals surface area contributed by atoms with Crippen LogP contribution in [0.25, 0.3) is 0 Å². The van der Waals surface area contributed by atoms with Crippen molar-refractivity contribution >= 4 is 23.2 Å². The molecule has 0 aliphatic carbocycles. The van der Waals surface area contributed by atoms with Crippen molar-refractivity contribution in [1.29, 1.82) is 0 Å². The lowest BCUT2D eigenvalue weighted by atomic mass is 10.2. The summed E-state index contributed by atoms with van der Waals surface area (Å²) < 4.78 is 2.08. The third kappa shape index (κ3) is 2.61. The standard InChI is InChI=1S/C13H16ClN3/c1-9(2)17-7-6-15-13(17)16-11-5-4-10(3)12(14)8-11/h4-9H,1-3H3,(H,15,16). The molecule has 1 N–H and O–H groups in total. The highest BCUT2D eigenvalue weighted by Gasteiger charge is 2.06. The molecular weight excluding hydrogens is 234 g/mol. The third-order valence-corrected chi connectivity index (χ3v) is 3.06. The number of halogens is 1. The van der Waals surface area contributed by atoms with Crippen LogP contribution in [0.4, 0.5) is 11.6 Å². The maximum atomic E-state index is 6.09. The van der Waals surface area contributed by atoms with E-state index < -0.39 is 0 Å². The molecule has 1 heterocycles. The van der Waals surface area contributed by atoms with Gasteiger partial charge in [-0.1, -0.05) is 17.7 Å². The fraction of sp³-hybridized carbons (Fsp3) is 0.308. The van der Waals surface area contributed by atoms with Crippen LogP contribution in [0, 0.1) is 6.92 Å². The summed E-state index contributed by atoms with van der Waals surface area (Å²) in [6.45, 7) is 6.23. The second-order valence-corrected chi connectivity index (χ2v) is 4.75. The minimum absolute atomic E-state index is 0.376. The molecule has 4 heteroatoms. The molecule has 0 amide bonds. The second kappa shape index (κ2) is 4.80. The van der Waals surface area contributed by atoms with Gasteiger partial charge in [0, 0.05) is 29.1 Å². The van der Waals surface area contributed by atoms with Crippen molar-refractivity contribution in [3.63, 3.8) is 0 Å². The number of anilines is 2. The molecule has 2 aromatic rings. The number of rotatable bonds is 3. The summed E-state index contributed by atoms with van der Waals surface area (Å²) in [7, 11) is 0. The number of nitrogens with one attached hydrogen (secondary N) is 1. The van der Waals surface area contributed by atoms with Crippen molar-refractivity contribution in [3.8, 4) is 0 Å². The van der Waals surface area contributed by atoms with Gasteiger partial charge in [0.25, 0.3) is 0 Å². The molecule has 0 atom stereocenters. The lowest BCUT2D eigenvalue weighted by molar-refractivity contribution is 0.608. The molecule has 1 aromatic carbocycles. The van der Waals surface area contributed by atoms with Crippen LogP contribution in [0.2, 0.25) is 5.02 Å². The summed E-state index contributed by atoms with van der Waals surface area (Å²) >= 11 is 6.09. The highest BCUT2D eigenvalue weighted by Crippen LogP contribution is 2.23. The van der Waals surface area contributed by atoms with E-state index in [4.69, 9.17) is 11.6 Å². The summed E-state index contributed by atoms with van der Waals surface area (Å²) in [5.74, 6) is 0.833. The van der Waals surface area contributed by atoms with Crippen molar-refractivity contribution in [2.24, 2.45) is 0 Å². The minimum Gasteiger partial charge on any atom is -0.326 e. The minimum atomic E-state index is 0.376. The number of imidazole rings is 1. The SMILES string of the molecule is Cc1ccc(Nc2nccn2C(C)C)cc1Cl. The Balaban J connectivity index is 2.25. The van der Waals surface area contributed by atoms with E-state index >= 15 is 0 Å². The Bertz CT molecular complexity index is 517. The van der Waals surface area contributed by atoms with E-state index in [2.05, 4.69) is 28.7 Å². The number of aromatic nitrogens is 2. The van der Waals surface area contributed by atoms with Crippen LogP contribution in [0.3, 0.4) is 0 Å². The van der Waals surface area contributed by atoms with E-state index in [1.807, 2.05) is 31.3 Å². The van der Waals surface area contributed by atoms with Gasteiger partial charge in [-0.25, -0.2) is 4.98 Å². The number of hydrogen-bond donors (Lipinski definition) is 1. The summed E-state index contributed by atoms with van der Waals surface area (Å²) in [5, 5.41) is 4.03. The Kier molecular flexibility index (Phi) is 3.38. The molecule has 0 saturated carbocycles. The first kappa shape index (κ1) is 12.0. The number of nitrogens with zero attached hydrogens (tertiary/aromatic N) is 2. The molecule has 0 aliphatic heterocycles. The van der Waals surface area contributed by atoms with Crippen LogP contribution in [0.15, 0.2) is 30.6 Å². The molecule has 2 rings (SSSR count). The highest BCUT2D eigenvalue weighted by molar-refractivity contribution is 6.31. The first-order valence-electron chi connectivity index (χ1n) is 5.64. The summed E-state index contributed by atoms with van der Waals surface area (Å²) in [4.78, 5) is 4.29. The Morgan fingerprint density at radius 3 is 2.76 bits per heavy atom. The Labute approximate surface area is 106 Å². The van der Waals surface area contributed by atoms with Gasteiger partial charge >= 0.3 is 0 Å². The summed E-state index contributed by atoms with van der Waals surface area (Å²) in [6, 6.07) is 6.28. The van der Waals surface area contributed by atoms with E-state index in [0.717, 1.165) is 22.2 Å². The van der Waals surface area contributed by atoms with Gasteiger partial charge in [-0.2, -0.15) is 0 Å². The average molecular weight is 250 g/mol. The van der Waals surface area contributed by atoms with Gasteiger partial charge in [0.2, 0.25) is 5.95 Å². The first-order chi connectivity index (χ1) is 8.08. The molecule has 17 heavy (non-hydrogen) atoms. The van der Waals surface area contributed by atoms with Crippen LogP contribution >= 0.6 is 11.6 Å². The van der Waals surface area contributed by atoms with Crippen LogP contribution in [0.1, 0.15) is 25.5 Å². The van der Waals surface area contributed by atoms with Crippen molar-refractivity contribution in [2.45, 2.75) is 26.8 Å². The van der Waals surface area contributed by atoms with Gasteiger partial charge in [0.1, 0.15) is 0 Å². The highest BCUT2D eigenvalue weighted by atomic mass is 35.5. The summed E-state index contributed by atoms with van der Waals surface area (Å²) in [6.07, 6.45) is 3.75. The van der Waals surface area contributed by atoms with Crippen LogP contribution in [0.5, 0.6) is 0 Å². The van der Waals surface area contributed by atoms with Crippen LogP contribution in [-0.4, -0.2) is 9.55 Å².